The predicted octanol–water partition coefficient (Wildman–Crippen LogP) is 17.0. The van der Waals surface area contributed by atoms with Crippen molar-refractivity contribution in [2.75, 3.05) is 19.8 Å². The number of carbonyl (C=O) groups is 2. The van der Waals surface area contributed by atoms with E-state index in [1.54, 1.807) is 0 Å². The van der Waals surface area contributed by atoms with Crippen LogP contribution in [0.4, 0.5) is 0 Å². The topological polar surface area (TPSA) is 61.8 Å². The highest BCUT2D eigenvalue weighted by Gasteiger charge is 2.17. The van der Waals surface area contributed by atoms with Crippen LogP contribution in [0.3, 0.4) is 0 Å². The third-order valence-corrected chi connectivity index (χ3v) is 9.99. The Kier molecular flexibility index (Phi) is 48.6. The lowest BCUT2D eigenvalue weighted by atomic mass is 10.1. The van der Waals surface area contributed by atoms with Crippen molar-refractivity contribution in [1.29, 1.82) is 0 Å². The van der Waals surface area contributed by atoms with E-state index in [0.717, 1.165) is 109 Å². The van der Waals surface area contributed by atoms with Gasteiger partial charge < -0.3 is 14.2 Å². The largest absolute Gasteiger partial charge is 0.462 e. The van der Waals surface area contributed by atoms with Crippen molar-refractivity contribution < 1.29 is 23.8 Å². The monoisotopic (exact) mass is 857 g/mol. The molecule has 0 saturated heterocycles. The zero-order chi connectivity index (χ0) is 44.9. The average molecular weight is 857 g/mol. The van der Waals surface area contributed by atoms with Gasteiger partial charge in [0.1, 0.15) is 6.61 Å². The Balaban J connectivity index is 4.40. The van der Waals surface area contributed by atoms with E-state index in [4.69, 9.17) is 14.2 Å². The van der Waals surface area contributed by atoms with Crippen molar-refractivity contribution >= 4 is 11.9 Å². The number of esters is 2. The summed E-state index contributed by atoms with van der Waals surface area (Å²) in [6, 6.07) is 0. The maximum absolute atomic E-state index is 12.7. The molecule has 0 bridgehead atoms. The van der Waals surface area contributed by atoms with Crippen LogP contribution in [0, 0.1) is 0 Å². The van der Waals surface area contributed by atoms with Crippen LogP contribution in [-0.2, 0) is 23.8 Å². The van der Waals surface area contributed by atoms with Gasteiger partial charge in [-0.2, -0.15) is 0 Å². The number of allylic oxidation sites excluding steroid dienone is 20. The molecule has 0 N–H and O–H groups in total. The third kappa shape index (κ3) is 49.0. The van der Waals surface area contributed by atoms with Crippen LogP contribution < -0.4 is 0 Å². The van der Waals surface area contributed by atoms with Crippen LogP contribution in [-0.4, -0.2) is 37.9 Å². The number of carbonyl (C=O) groups excluding carboxylic acids is 2. The molecule has 350 valence electrons. The summed E-state index contributed by atoms with van der Waals surface area (Å²) in [6.45, 7) is 7.36. The molecule has 0 aliphatic carbocycles. The van der Waals surface area contributed by atoms with E-state index in [-0.39, 0.29) is 31.6 Å². The van der Waals surface area contributed by atoms with Gasteiger partial charge in [-0.15, -0.1) is 0 Å². The number of hydrogen-bond donors (Lipinski definition) is 0. The van der Waals surface area contributed by atoms with Crippen molar-refractivity contribution in [3.05, 3.63) is 122 Å². The maximum Gasteiger partial charge on any atom is 0.306 e. The van der Waals surface area contributed by atoms with Crippen molar-refractivity contribution in [3.63, 3.8) is 0 Å². The Morgan fingerprint density at radius 2 is 0.710 bits per heavy atom. The van der Waals surface area contributed by atoms with Gasteiger partial charge in [0.05, 0.1) is 6.61 Å². The van der Waals surface area contributed by atoms with Gasteiger partial charge in [-0.05, 0) is 109 Å². The molecule has 5 heteroatoms. The Hall–Kier alpha value is -3.70. The van der Waals surface area contributed by atoms with Crippen LogP contribution in [0.25, 0.3) is 0 Å². The minimum atomic E-state index is -0.593. The molecule has 0 fully saturated rings. The normalized spacial score (nSPS) is 13.3. The quantitative estimate of drug-likeness (QED) is 0.0347. The molecule has 0 rings (SSSR count). The van der Waals surface area contributed by atoms with Gasteiger partial charge in [0.25, 0.3) is 0 Å². The molecule has 1 unspecified atom stereocenters. The van der Waals surface area contributed by atoms with Gasteiger partial charge in [-0.3, -0.25) is 9.59 Å². The molecule has 5 nitrogen and oxygen atoms in total. The van der Waals surface area contributed by atoms with E-state index in [1.807, 2.05) is 6.08 Å². The molecule has 0 spiro atoms. The number of rotatable bonds is 44. The van der Waals surface area contributed by atoms with Crippen molar-refractivity contribution in [2.24, 2.45) is 0 Å². The van der Waals surface area contributed by atoms with Gasteiger partial charge in [0, 0.05) is 19.4 Å². The molecule has 62 heavy (non-hydrogen) atoms. The van der Waals surface area contributed by atoms with E-state index in [9.17, 15) is 9.59 Å². The molecule has 0 aliphatic heterocycles. The zero-order valence-corrected chi connectivity index (χ0v) is 40.1. The fraction of sp³-hybridized carbons (Fsp3) is 0.614. The van der Waals surface area contributed by atoms with Crippen molar-refractivity contribution in [2.45, 2.75) is 207 Å². The lowest BCUT2D eigenvalue weighted by Gasteiger charge is -2.18. The maximum atomic E-state index is 12.7. The summed E-state index contributed by atoms with van der Waals surface area (Å²) in [4.78, 5) is 25.3. The molecule has 0 amide bonds. The Morgan fingerprint density at radius 1 is 0.355 bits per heavy atom. The number of ether oxygens (including phenoxy) is 3. The fourth-order valence-corrected chi connectivity index (χ4v) is 6.37. The molecular formula is C57H92O5. The molecule has 0 aliphatic rings. The first kappa shape index (κ1) is 58.3. The lowest BCUT2D eigenvalue weighted by Crippen LogP contribution is -2.30. The Morgan fingerprint density at radius 3 is 1.15 bits per heavy atom. The Labute approximate surface area is 382 Å². The van der Waals surface area contributed by atoms with E-state index >= 15 is 0 Å². The van der Waals surface area contributed by atoms with Crippen LogP contribution in [0.2, 0.25) is 0 Å². The van der Waals surface area contributed by atoms with Crippen molar-refractivity contribution in [3.8, 4) is 0 Å². The second-order valence-electron chi connectivity index (χ2n) is 15.9. The zero-order valence-electron chi connectivity index (χ0n) is 40.1. The average Bonchev–Trinajstić information content (AvgIpc) is 3.27. The van der Waals surface area contributed by atoms with Gasteiger partial charge in [0.15, 0.2) is 6.10 Å². The highest BCUT2D eigenvalue weighted by atomic mass is 16.6. The van der Waals surface area contributed by atoms with E-state index in [2.05, 4.69) is 136 Å². The van der Waals surface area contributed by atoms with E-state index in [1.165, 1.54) is 51.4 Å². The van der Waals surface area contributed by atoms with E-state index < -0.39 is 6.10 Å². The lowest BCUT2D eigenvalue weighted by molar-refractivity contribution is -0.162. The molecule has 1 atom stereocenters. The predicted molar refractivity (Wildman–Crippen MR) is 269 cm³/mol. The minimum Gasteiger partial charge on any atom is -0.462 e. The minimum absolute atomic E-state index is 0.0383. The number of unbranched alkanes of at least 4 members (excludes halogenated alkanes) is 13. The van der Waals surface area contributed by atoms with Crippen LogP contribution >= 0.6 is 0 Å². The molecule has 0 aromatic rings. The molecular weight excluding hydrogens is 765 g/mol. The van der Waals surface area contributed by atoms with E-state index in [0.29, 0.717) is 19.4 Å². The summed E-state index contributed by atoms with van der Waals surface area (Å²) in [5, 5.41) is 0. The highest BCUT2D eigenvalue weighted by Crippen LogP contribution is 2.12. The highest BCUT2D eigenvalue weighted by molar-refractivity contribution is 5.70. The molecule has 0 aromatic carbocycles. The standard InChI is InChI=1S/C57H92O5/c1-4-7-10-13-16-19-22-25-27-29-30-33-35-38-41-44-47-50-56(58)61-54-55(62-57(59)51-48-45-42-39-36-32-24-21-18-15-12-9-6-3)53-60-52-49-46-43-40-37-34-31-28-26-23-20-17-14-11-8-5-2/h7-12,16-21,25-28,32,36,42,45,55H,4-6,13-15,22-24,29-31,33-35,37-41,43-44,46-54H2,1-3H3/b10-7-,11-8-,12-9-,19-16-,20-17-,21-18-,27-25-,28-26-,36-32-,45-42-. The molecule has 0 aromatic heterocycles. The van der Waals surface area contributed by atoms with Gasteiger partial charge in [-0.1, -0.05) is 200 Å². The van der Waals surface area contributed by atoms with Gasteiger partial charge >= 0.3 is 11.9 Å². The summed E-state index contributed by atoms with van der Waals surface area (Å²) in [7, 11) is 0. The second-order valence-corrected chi connectivity index (χ2v) is 15.9. The summed E-state index contributed by atoms with van der Waals surface area (Å²) in [6.07, 6.45) is 72.2. The SMILES string of the molecule is CC/C=C\C/C=C\C/C=C\C/C=C\CCC(=O)OC(COCCCCCCCC/C=C\C/C=C\C/C=C\CC)COC(=O)CCCCCCCCC/C=C\C/C=C\C/C=C\CC. The molecule has 0 saturated carbocycles. The van der Waals surface area contributed by atoms with Crippen molar-refractivity contribution in [1.82, 2.24) is 0 Å². The first-order valence-electron chi connectivity index (χ1n) is 25.1. The summed E-state index contributed by atoms with van der Waals surface area (Å²) in [5.41, 5.74) is 0. The third-order valence-electron chi connectivity index (χ3n) is 9.99. The smallest absolute Gasteiger partial charge is 0.306 e. The van der Waals surface area contributed by atoms with Gasteiger partial charge in [0.2, 0.25) is 0 Å². The number of hydrogen-bond acceptors (Lipinski definition) is 5. The molecule has 0 radical (unpaired) electrons. The summed E-state index contributed by atoms with van der Waals surface area (Å²) >= 11 is 0. The van der Waals surface area contributed by atoms with Crippen LogP contribution in [0.15, 0.2) is 122 Å². The van der Waals surface area contributed by atoms with Crippen LogP contribution in [0.1, 0.15) is 201 Å². The van der Waals surface area contributed by atoms with Crippen LogP contribution in [0.5, 0.6) is 0 Å². The first-order chi connectivity index (χ1) is 30.6. The first-order valence-corrected chi connectivity index (χ1v) is 25.1. The second kappa shape index (κ2) is 51.6. The molecule has 0 heterocycles. The summed E-state index contributed by atoms with van der Waals surface area (Å²) in [5.74, 6) is -0.518. The van der Waals surface area contributed by atoms with Gasteiger partial charge in [-0.25, -0.2) is 0 Å². The summed E-state index contributed by atoms with van der Waals surface area (Å²) < 4.78 is 17.3. The Bertz CT molecular complexity index is 1290. The fourth-order valence-electron chi connectivity index (χ4n) is 6.37.